The van der Waals surface area contributed by atoms with Gasteiger partial charge >= 0.3 is 0 Å². The highest BCUT2D eigenvalue weighted by Gasteiger charge is 2.26. The van der Waals surface area contributed by atoms with Crippen molar-refractivity contribution in [1.82, 2.24) is 10.2 Å². The Bertz CT molecular complexity index is 455. The summed E-state index contributed by atoms with van der Waals surface area (Å²) in [5.74, 6) is -0.250. The van der Waals surface area contributed by atoms with Crippen LogP contribution in [0.15, 0.2) is 18.2 Å². The summed E-state index contributed by atoms with van der Waals surface area (Å²) in [5.41, 5.74) is 1.10. The summed E-state index contributed by atoms with van der Waals surface area (Å²) >= 11 is 0. The van der Waals surface area contributed by atoms with Crippen molar-refractivity contribution in [2.24, 2.45) is 0 Å². The molecule has 0 radical (unpaired) electrons. The number of amides is 1. The lowest BCUT2D eigenvalue weighted by Gasteiger charge is -2.28. The molecule has 0 saturated carbocycles. The fraction of sp³-hybridized carbons (Fsp3) is 0.533. The number of halogens is 1. The molecule has 2 rings (SSSR count). The van der Waals surface area contributed by atoms with Gasteiger partial charge in [0.05, 0.1) is 0 Å². The van der Waals surface area contributed by atoms with Gasteiger partial charge in [-0.2, -0.15) is 0 Å². The monoisotopic (exact) mass is 264 g/mol. The summed E-state index contributed by atoms with van der Waals surface area (Å²) in [6, 6.07) is 4.86. The zero-order chi connectivity index (χ0) is 13.8. The predicted octanol–water partition coefficient (Wildman–Crippen LogP) is 2.35. The Morgan fingerprint density at radius 2 is 2.32 bits per heavy atom. The van der Waals surface area contributed by atoms with Gasteiger partial charge in [-0.05, 0) is 50.1 Å². The van der Waals surface area contributed by atoms with Crippen molar-refractivity contribution < 1.29 is 9.18 Å². The molecule has 1 amide bonds. The van der Waals surface area contributed by atoms with Gasteiger partial charge in [0.15, 0.2) is 0 Å². The van der Waals surface area contributed by atoms with Crippen molar-refractivity contribution >= 4 is 5.91 Å². The van der Waals surface area contributed by atoms with Crippen molar-refractivity contribution in [3.05, 3.63) is 35.1 Å². The second-order valence-electron chi connectivity index (χ2n) is 5.11. The van der Waals surface area contributed by atoms with Crippen LogP contribution >= 0.6 is 0 Å². The summed E-state index contributed by atoms with van der Waals surface area (Å²) in [6.45, 7) is 6.32. The summed E-state index contributed by atoms with van der Waals surface area (Å²) in [5, 5.41) is 3.28. The minimum atomic E-state index is -0.263. The van der Waals surface area contributed by atoms with E-state index in [1.165, 1.54) is 6.07 Å². The number of rotatable bonds is 4. The molecule has 0 spiro atoms. The van der Waals surface area contributed by atoms with Crippen LogP contribution in [0.4, 0.5) is 4.39 Å². The molecule has 1 heterocycles. The number of benzene rings is 1. The van der Waals surface area contributed by atoms with E-state index in [-0.39, 0.29) is 17.8 Å². The maximum Gasteiger partial charge on any atom is 0.254 e. The number of carbonyl (C=O) groups is 1. The third-order valence-electron chi connectivity index (χ3n) is 3.61. The fourth-order valence-electron chi connectivity index (χ4n) is 2.54. The van der Waals surface area contributed by atoms with Gasteiger partial charge in [0.25, 0.3) is 5.91 Å². The molecule has 104 valence electrons. The summed E-state index contributed by atoms with van der Waals surface area (Å²) in [7, 11) is 0. The molecular weight excluding hydrogens is 243 g/mol. The van der Waals surface area contributed by atoms with E-state index in [0.29, 0.717) is 11.1 Å². The predicted molar refractivity (Wildman–Crippen MR) is 73.7 cm³/mol. The molecule has 0 aliphatic carbocycles. The van der Waals surface area contributed by atoms with E-state index in [9.17, 15) is 9.18 Å². The van der Waals surface area contributed by atoms with Crippen LogP contribution in [-0.2, 0) is 0 Å². The van der Waals surface area contributed by atoms with Crippen LogP contribution in [0, 0.1) is 12.7 Å². The van der Waals surface area contributed by atoms with E-state index in [2.05, 4.69) is 12.2 Å². The second-order valence-corrected chi connectivity index (χ2v) is 5.11. The van der Waals surface area contributed by atoms with Crippen molar-refractivity contribution in [3.8, 4) is 0 Å². The number of hydrogen-bond acceptors (Lipinski definition) is 2. The SMILES string of the molecule is CCCN(C(=O)c1ccc(F)c(C)c1)C1CCNC1. The summed E-state index contributed by atoms with van der Waals surface area (Å²) in [4.78, 5) is 14.5. The molecule has 1 saturated heterocycles. The third kappa shape index (κ3) is 3.13. The first kappa shape index (κ1) is 14.0. The van der Waals surface area contributed by atoms with Crippen LogP contribution in [0.1, 0.15) is 35.7 Å². The fourth-order valence-corrected chi connectivity index (χ4v) is 2.54. The standard InChI is InChI=1S/C15H21FN2O/c1-3-8-18(13-6-7-17-10-13)15(19)12-4-5-14(16)11(2)9-12/h4-5,9,13,17H,3,6-8,10H2,1-2H3. The van der Waals surface area contributed by atoms with E-state index >= 15 is 0 Å². The summed E-state index contributed by atoms with van der Waals surface area (Å²) in [6.07, 6.45) is 1.92. The Morgan fingerprint density at radius 3 is 2.89 bits per heavy atom. The molecule has 19 heavy (non-hydrogen) atoms. The van der Waals surface area contributed by atoms with E-state index in [0.717, 1.165) is 32.5 Å². The van der Waals surface area contributed by atoms with Gasteiger partial charge in [0.2, 0.25) is 0 Å². The molecule has 1 N–H and O–H groups in total. The number of carbonyl (C=O) groups excluding carboxylic acids is 1. The Labute approximate surface area is 113 Å². The molecule has 1 unspecified atom stereocenters. The lowest BCUT2D eigenvalue weighted by molar-refractivity contribution is 0.0692. The van der Waals surface area contributed by atoms with Crippen LogP contribution in [0.2, 0.25) is 0 Å². The third-order valence-corrected chi connectivity index (χ3v) is 3.61. The topological polar surface area (TPSA) is 32.3 Å². The molecule has 1 aliphatic heterocycles. The number of nitrogens with zero attached hydrogens (tertiary/aromatic N) is 1. The smallest absolute Gasteiger partial charge is 0.254 e. The highest BCUT2D eigenvalue weighted by molar-refractivity contribution is 5.94. The number of nitrogens with one attached hydrogen (secondary N) is 1. The molecular formula is C15H21FN2O. The molecule has 1 aromatic rings. The van der Waals surface area contributed by atoms with Gasteiger partial charge in [-0.1, -0.05) is 6.92 Å². The Balaban J connectivity index is 2.20. The van der Waals surface area contributed by atoms with Gasteiger partial charge in [0.1, 0.15) is 5.82 Å². The van der Waals surface area contributed by atoms with Crippen LogP contribution in [-0.4, -0.2) is 36.5 Å². The molecule has 0 aromatic heterocycles. The van der Waals surface area contributed by atoms with E-state index in [1.54, 1.807) is 19.1 Å². The average Bonchev–Trinajstić information content (AvgIpc) is 2.92. The van der Waals surface area contributed by atoms with E-state index < -0.39 is 0 Å². The highest BCUT2D eigenvalue weighted by atomic mass is 19.1. The zero-order valence-corrected chi connectivity index (χ0v) is 11.6. The maximum absolute atomic E-state index is 13.3. The number of hydrogen-bond donors (Lipinski definition) is 1. The van der Waals surface area contributed by atoms with Gasteiger partial charge in [-0.25, -0.2) is 4.39 Å². The normalized spacial score (nSPS) is 18.6. The average molecular weight is 264 g/mol. The molecule has 1 fully saturated rings. The number of aryl methyl sites for hydroxylation is 1. The molecule has 4 heteroatoms. The van der Waals surface area contributed by atoms with Crippen molar-refractivity contribution in [2.75, 3.05) is 19.6 Å². The lowest BCUT2D eigenvalue weighted by atomic mass is 10.1. The van der Waals surface area contributed by atoms with E-state index in [4.69, 9.17) is 0 Å². The Morgan fingerprint density at radius 1 is 1.53 bits per heavy atom. The largest absolute Gasteiger partial charge is 0.334 e. The molecule has 1 aromatic carbocycles. The van der Waals surface area contributed by atoms with Crippen LogP contribution < -0.4 is 5.32 Å². The van der Waals surface area contributed by atoms with Crippen molar-refractivity contribution in [3.63, 3.8) is 0 Å². The van der Waals surface area contributed by atoms with E-state index in [1.807, 2.05) is 4.90 Å². The Hall–Kier alpha value is -1.42. The first-order valence-electron chi connectivity index (χ1n) is 6.91. The maximum atomic E-state index is 13.3. The van der Waals surface area contributed by atoms with Crippen molar-refractivity contribution in [1.29, 1.82) is 0 Å². The van der Waals surface area contributed by atoms with Crippen LogP contribution in [0.5, 0.6) is 0 Å². The molecule has 3 nitrogen and oxygen atoms in total. The van der Waals surface area contributed by atoms with Gasteiger partial charge < -0.3 is 10.2 Å². The molecule has 1 aliphatic rings. The first-order chi connectivity index (χ1) is 9.13. The minimum absolute atomic E-state index is 0.0126. The molecule has 0 bridgehead atoms. The minimum Gasteiger partial charge on any atom is -0.334 e. The zero-order valence-electron chi connectivity index (χ0n) is 11.6. The quantitative estimate of drug-likeness (QED) is 0.905. The van der Waals surface area contributed by atoms with Gasteiger partial charge in [0, 0.05) is 24.7 Å². The lowest BCUT2D eigenvalue weighted by Crippen LogP contribution is -2.42. The van der Waals surface area contributed by atoms with Crippen LogP contribution in [0.25, 0.3) is 0 Å². The first-order valence-corrected chi connectivity index (χ1v) is 6.91. The van der Waals surface area contributed by atoms with Gasteiger partial charge in [-0.15, -0.1) is 0 Å². The highest BCUT2D eigenvalue weighted by Crippen LogP contribution is 2.16. The van der Waals surface area contributed by atoms with Crippen LogP contribution in [0.3, 0.4) is 0 Å². The van der Waals surface area contributed by atoms with Gasteiger partial charge in [-0.3, -0.25) is 4.79 Å². The Kier molecular flexibility index (Phi) is 4.53. The summed E-state index contributed by atoms with van der Waals surface area (Å²) < 4.78 is 13.3. The second kappa shape index (κ2) is 6.15. The molecule has 1 atom stereocenters. The van der Waals surface area contributed by atoms with Crippen molar-refractivity contribution in [2.45, 2.75) is 32.7 Å².